The fourth-order valence-corrected chi connectivity index (χ4v) is 5.91. The summed E-state index contributed by atoms with van der Waals surface area (Å²) in [6.45, 7) is 4.59. The second kappa shape index (κ2) is 6.52. The quantitative estimate of drug-likeness (QED) is 0.708. The van der Waals surface area contributed by atoms with E-state index in [0.717, 1.165) is 24.1 Å². The Labute approximate surface area is 169 Å². The number of esters is 2. The van der Waals surface area contributed by atoms with E-state index >= 15 is 0 Å². The third kappa shape index (κ3) is 2.61. The molecule has 156 valence electrons. The van der Waals surface area contributed by atoms with Crippen molar-refractivity contribution in [3.8, 4) is 17.2 Å². The first-order chi connectivity index (χ1) is 13.9. The molecule has 3 unspecified atom stereocenters. The minimum Gasteiger partial charge on any atom is -0.492 e. The van der Waals surface area contributed by atoms with Crippen LogP contribution in [0.15, 0.2) is 6.07 Å². The highest BCUT2D eigenvalue weighted by atomic mass is 16.7. The van der Waals surface area contributed by atoms with E-state index in [1.54, 1.807) is 7.11 Å². The first kappa shape index (κ1) is 18.5. The highest BCUT2D eigenvalue weighted by Crippen LogP contribution is 2.59. The predicted octanol–water partition coefficient (Wildman–Crippen LogP) is 1.91. The molecule has 1 saturated heterocycles. The van der Waals surface area contributed by atoms with Crippen molar-refractivity contribution in [1.29, 1.82) is 0 Å². The van der Waals surface area contributed by atoms with E-state index in [0.29, 0.717) is 36.6 Å². The monoisotopic (exact) mass is 403 g/mol. The standard InChI is InChI=1S/C21H25NO7/c1-11(23)28-13-6-17-21(18(7-13)29-12(2)24)4-5-22(17)9-14-15(21)8-16-20(19(14)25-3)27-10-26-16/h8,13,17-18H,4-7,9-10H2,1-3H3/t13?,17-,18?,21+/m1/s1. The molecule has 0 spiro atoms. The SMILES string of the molecule is COc1c2c(cc3c1OCO3)[C@@]13CCN(C2)[C@@H]1CC(OC(C)=O)CC3OC(C)=O. The lowest BCUT2D eigenvalue weighted by molar-refractivity contribution is -0.165. The molecule has 0 radical (unpaired) electrons. The zero-order chi connectivity index (χ0) is 20.3. The summed E-state index contributed by atoms with van der Waals surface area (Å²) in [7, 11) is 1.64. The highest BCUT2D eigenvalue weighted by Gasteiger charge is 2.62. The lowest BCUT2D eigenvalue weighted by Gasteiger charge is -2.52. The van der Waals surface area contributed by atoms with Crippen molar-refractivity contribution >= 4 is 11.9 Å². The van der Waals surface area contributed by atoms with Crippen LogP contribution in [-0.4, -0.2) is 55.5 Å². The number of hydrogen-bond donors (Lipinski definition) is 0. The average molecular weight is 403 g/mol. The Morgan fingerprint density at radius 2 is 1.97 bits per heavy atom. The number of carbonyl (C=O) groups excluding carboxylic acids is 2. The molecule has 2 fully saturated rings. The predicted molar refractivity (Wildman–Crippen MR) is 100.0 cm³/mol. The maximum atomic E-state index is 12.0. The molecular formula is C21H25NO7. The summed E-state index contributed by atoms with van der Waals surface area (Å²) in [6, 6.07) is 2.15. The molecule has 3 heterocycles. The molecule has 5 rings (SSSR count). The number of ether oxygens (including phenoxy) is 5. The summed E-state index contributed by atoms with van der Waals surface area (Å²) in [5.74, 6) is 1.36. The summed E-state index contributed by atoms with van der Waals surface area (Å²) in [5.41, 5.74) is 1.78. The van der Waals surface area contributed by atoms with Gasteiger partial charge in [0.2, 0.25) is 12.5 Å². The maximum Gasteiger partial charge on any atom is 0.302 e. The van der Waals surface area contributed by atoms with Gasteiger partial charge in [-0.1, -0.05) is 0 Å². The van der Waals surface area contributed by atoms with E-state index < -0.39 is 6.10 Å². The Morgan fingerprint density at radius 3 is 2.69 bits per heavy atom. The fraction of sp³-hybridized carbons (Fsp3) is 0.619. The third-order valence-electron chi connectivity index (χ3n) is 6.82. The zero-order valence-electron chi connectivity index (χ0n) is 16.9. The van der Waals surface area contributed by atoms with Gasteiger partial charge in [0.25, 0.3) is 0 Å². The molecule has 3 aliphatic heterocycles. The summed E-state index contributed by atoms with van der Waals surface area (Å²) < 4.78 is 28.5. The number of fused-ring (bicyclic) bond motifs is 2. The molecule has 1 saturated carbocycles. The molecule has 8 nitrogen and oxygen atoms in total. The van der Waals surface area contributed by atoms with Crippen molar-refractivity contribution in [2.24, 2.45) is 0 Å². The van der Waals surface area contributed by atoms with Crippen molar-refractivity contribution < 1.29 is 33.3 Å². The molecule has 0 amide bonds. The molecule has 2 bridgehead atoms. The average Bonchev–Trinajstić information content (AvgIpc) is 3.22. The van der Waals surface area contributed by atoms with E-state index in [9.17, 15) is 9.59 Å². The van der Waals surface area contributed by atoms with Crippen LogP contribution < -0.4 is 14.2 Å². The lowest BCUT2D eigenvalue weighted by Crippen LogP contribution is -2.60. The molecule has 0 aromatic heterocycles. The van der Waals surface area contributed by atoms with E-state index in [4.69, 9.17) is 23.7 Å². The van der Waals surface area contributed by atoms with Gasteiger partial charge in [0.05, 0.1) is 7.11 Å². The van der Waals surface area contributed by atoms with Gasteiger partial charge in [-0.3, -0.25) is 14.5 Å². The van der Waals surface area contributed by atoms with Crippen LogP contribution in [0.25, 0.3) is 0 Å². The Kier molecular flexibility index (Phi) is 4.17. The normalized spacial score (nSPS) is 33.5. The Balaban J connectivity index is 1.66. The Bertz CT molecular complexity index is 884. The van der Waals surface area contributed by atoms with Gasteiger partial charge in [0, 0.05) is 50.3 Å². The molecule has 5 atom stereocenters. The number of hydrogen-bond acceptors (Lipinski definition) is 8. The van der Waals surface area contributed by atoms with Gasteiger partial charge >= 0.3 is 11.9 Å². The van der Waals surface area contributed by atoms with E-state index in [1.165, 1.54) is 13.8 Å². The van der Waals surface area contributed by atoms with Crippen LogP contribution in [0.4, 0.5) is 0 Å². The number of rotatable bonds is 3. The fourth-order valence-electron chi connectivity index (χ4n) is 5.91. The van der Waals surface area contributed by atoms with Gasteiger partial charge in [0.1, 0.15) is 12.2 Å². The second-order valence-corrected chi connectivity index (χ2v) is 8.25. The minimum atomic E-state index is -0.391. The molecule has 1 aromatic rings. The zero-order valence-corrected chi connectivity index (χ0v) is 16.9. The molecule has 1 aromatic carbocycles. The van der Waals surface area contributed by atoms with E-state index in [2.05, 4.69) is 4.90 Å². The third-order valence-corrected chi connectivity index (χ3v) is 6.82. The lowest BCUT2D eigenvalue weighted by atomic mass is 9.61. The first-order valence-electron chi connectivity index (χ1n) is 10.0. The summed E-state index contributed by atoms with van der Waals surface area (Å²) >= 11 is 0. The highest BCUT2D eigenvalue weighted by molar-refractivity contribution is 5.68. The van der Waals surface area contributed by atoms with Gasteiger partial charge < -0.3 is 23.7 Å². The Morgan fingerprint density at radius 1 is 1.17 bits per heavy atom. The number of benzene rings is 1. The van der Waals surface area contributed by atoms with Crippen molar-refractivity contribution in [3.05, 3.63) is 17.2 Å². The summed E-state index contributed by atoms with van der Waals surface area (Å²) in [5, 5.41) is 0. The smallest absolute Gasteiger partial charge is 0.302 e. The first-order valence-corrected chi connectivity index (χ1v) is 10.0. The van der Waals surface area contributed by atoms with Crippen molar-refractivity contribution in [1.82, 2.24) is 4.90 Å². The molecule has 4 aliphatic rings. The molecule has 0 N–H and O–H groups in total. The topological polar surface area (TPSA) is 83.5 Å². The van der Waals surface area contributed by atoms with Gasteiger partial charge in [-0.25, -0.2) is 0 Å². The van der Waals surface area contributed by atoms with Crippen LogP contribution in [0.3, 0.4) is 0 Å². The van der Waals surface area contributed by atoms with Crippen LogP contribution in [0.2, 0.25) is 0 Å². The molecular weight excluding hydrogens is 378 g/mol. The van der Waals surface area contributed by atoms with Gasteiger partial charge in [-0.05, 0) is 24.6 Å². The van der Waals surface area contributed by atoms with Crippen LogP contribution >= 0.6 is 0 Å². The van der Waals surface area contributed by atoms with E-state index in [1.807, 2.05) is 6.07 Å². The molecule has 29 heavy (non-hydrogen) atoms. The molecule has 1 aliphatic carbocycles. The van der Waals surface area contributed by atoms with E-state index in [-0.39, 0.29) is 36.3 Å². The van der Waals surface area contributed by atoms with Crippen molar-refractivity contribution in [2.45, 2.75) is 63.3 Å². The van der Waals surface area contributed by atoms with Gasteiger partial charge in [0.15, 0.2) is 11.5 Å². The molecule has 8 heteroatoms. The van der Waals surface area contributed by atoms with Crippen molar-refractivity contribution in [2.75, 3.05) is 20.4 Å². The van der Waals surface area contributed by atoms with Crippen LogP contribution in [0.5, 0.6) is 17.2 Å². The van der Waals surface area contributed by atoms with Crippen LogP contribution in [0.1, 0.15) is 44.2 Å². The van der Waals surface area contributed by atoms with Crippen molar-refractivity contribution in [3.63, 3.8) is 0 Å². The summed E-state index contributed by atoms with van der Waals surface area (Å²) in [6.07, 6.45) is 1.40. The van der Waals surface area contributed by atoms with Gasteiger partial charge in [-0.2, -0.15) is 0 Å². The minimum absolute atomic E-state index is 0.113. The number of nitrogens with zero attached hydrogens (tertiary/aromatic N) is 1. The number of methoxy groups -OCH3 is 1. The van der Waals surface area contributed by atoms with Crippen LogP contribution in [0, 0.1) is 0 Å². The largest absolute Gasteiger partial charge is 0.492 e. The van der Waals surface area contributed by atoms with Gasteiger partial charge in [-0.15, -0.1) is 0 Å². The van der Waals surface area contributed by atoms with Crippen LogP contribution in [-0.2, 0) is 31.0 Å². The number of carbonyl (C=O) groups is 2. The maximum absolute atomic E-state index is 12.0. The summed E-state index contributed by atoms with van der Waals surface area (Å²) in [4.78, 5) is 26.0. The Hall–Kier alpha value is -2.48. The second-order valence-electron chi connectivity index (χ2n) is 8.25.